The van der Waals surface area contributed by atoms with Crippen LogP contribution < -0.4 is 0 Å². The molecule has 0 rings (SSSR count). The van der Waals surface area contributed by atoms with Crippen molar-refractivity contribution < 1.29 is 41.9 Å². The third-order valence-electron chi connectivity index (χ3n) is 1.39. The van der Waals surface area contributed by atoms with Crippen LogP contribution in [0.3, 0.4) is 0 Å². The minimum Gasteiger partial charge on any atom is -0.312 e. The van der Waals surface area contributed by atoms with E-state index in [0.717, 1.165) is 0 Å². The predicted octanol–water partition coefficient (Wildman–Crippen LogP) is -0.614. The Balaban J connectivity index is -0.000000375. The van der Waals surface area contributed by atoms with Crippen molar-refractivity contribution in [2.45, 2.75) is 0 Å². The molecule has 10 nitrogen and oxygen atoms in total. The SMILES string of the molecule is COP(=O)(O)N(P(=O)(O)OC)P(=O)(O)OC.[Na].[Na].[Na]. The average molecular weight is 368 g/mol. The van der Waals surface area contributed by atoms with Gasteiger partial charge in [-0.15, -0.1) is 0 Å². The van der Waals surface area contributed by atoms with Crippen molar-refractivity contribution >= 4 is 112 Å². The molecule has 3 radical (unpaired) electrons. The van der Waals surface area contributed by atoms with Gasteiger partial charge in [0.25, 0.3) is 0 Å². The maximum Gasteiger partial charge on any atom is 0.424 e. The molecule has 0 heterocycles. The Kier molecular flexibility index (Phi) is 18.9. The van der Waals surface area contributed by atoms with E-state index in [-0.39, 0.29) is 88.7 Å². The summed E-state index contributed by atoms with van der Waals surface area (Å²) in [6.07, 6.45) is 0. The van der Waals surface area contributed by atoms with Crippen LogP contribution in [-0.2, 0) is 27.3 Å². The maximum atomic E-state index is 11.3. The third kappa shape index (κ3) is 8.72. The third-order valence-corrected chi connectivity index (χ3v) is 8.24. The standard InChI is InChI=1S/C3H12NO9P3.3Na/c1-11-14(5,6)4(15(7,8)12-2)16(9,10)13-3;;;/h1-3H3,(H,5,6)(H,7,8)(H,9,10);;;. The van der Waals surface area contributed by atoms with Gasteiger partial charge in [0.1, 0.15) is 0 Å². The van der Waals surface area contributed by atoms with Gasteiger partial charge in [0.05, 0.1) is 0 Å². The van der Waals surface area contributed by atoms with E-state index in [1.165, 1.54) is 0 Å². The Morgan fingerprint density at radius 3 is 0.947 bits per heavy atom. The molecule has 101 valence electrons. The zero-order valence-electron chi connectivity index (χ0n) is 11.6. The average Bonchev–Trinajstić information content (AvgIpc) is 2.16. The Morgan fingerprint density at radius 1 is 0.684 bits per heavy atom. The summed E-state index contributed by atoms with van der Waals surface area (Å²) in [6, 6.07) is 0. The van der Waals surface area contributed by atoms with Crippen LogP contribution in [0.2, 0.25) is 0 Å². The summed E-state index contributed by atoms with van der Waals surface area (Å²) in [5.41, 5.74) is 0. The molecule has 0 aliphatic carbocycles. The molecule has 0 saturated carbocycles. The quantitative estimate of drug-likeness (QED) is 0.410. The molecular weight excluding hydrogens is 356 g/mol. The minimum atomic E-state index is -5.00. The van der Waals surface area contributed by atoms with Gasteiger partial charge in [-0.3, -0.25) is 13.6 Å². The molecule has 19 heavy (non-hydrogen) atoms. The Morgan fingerprint density at radius 2 is 0.842 bits per heavy atom. The van der Waals surface area contributed by atoms with Gasteiger partial charge in [-0.05, 0) is 4.21 Å². The van der Waals surface area contributed by atoms with E-state index < -0.39 is 27.5 Å². The first-order valence-corrected chi connectivity index (χ1v) is 8.11. The van der Waals surface area contributed by atoms with Gasteiger partial charge in [-0.1, -0.05) is 0 Å². The summed E-state index contributed by atoms with van der Waals surface area (Å²) < 4.78 is 45.3. The molecule has 0 aliphatic rings. The van der Waals surface area contributed by atoms with E-state index in [1.54, 1.807) is 0 Å². The summed E-state index contributed by atoms with van der Waals surface area (Å²) in [5, 5.41) is 0. The van der Waals surface area contributed by atoms with Crippen LogP contribution in [-0.4, -0.2) is 129 Å². The molecule has 16 heteroatoms. The molecule has 0 aromatic rings. The number of nitrogens with zero attached hydrogens (tertiary/aromatic N) is 1. The Hall–Kier alpha value is 3.41. The van der Waals surface area contributed by atoms with E-state index in [0.29, 0.717) is 21.3 Å². The molecule has 0 spiro atoms. The number of hydrogen-bond acceptors (Lipinski definition) is 6. The summed E-state index contributed by atoms with van der Waals surface area (Å²) in [4.78, 5) is 27.5. The predicted molar refractivity (Wildman–Crippen MR) is 69.6 cm³/mol. The van der Waals surface area contributed by atoms with Crippen molar-refractivity contribution in [2.24, 2.45) is 0 Å². The molecule has 3 atom stereocenters. The Labute approximate surface area is 177 Å². The van der Waals surface area contributed by atoms with Gasteiger partial charge in [0.2, 0.25) is 0 Å². The van der Waals surface area contributed by atoms with Gasteiger partial charge < -0.3 is 14.7 Å². The van der Waals surface area contributed by atoms with Crippen LogP contribution in [0, 0.1) is 0 Å². The Bertz CT molecular complexity index is 335. The summed E-state index contributed by atoms with van der Waals surface area (Å²) in [7, 11) is -12.9. The molecule has 0 saturated heterocycles. The van der Waals surface area contributed by atoms with Crippen LogP contribution in [0.25, 0.3) is 0 Å². The molecule has 0 aliphatic heterocycles. The second kappa shape index (κ2) is 11.9. The molecule has 0 amide bonds. The van der Waals surface area contributed by atoms with Gasteiger partial charge in [0, 0.05) is 110 Å². The van der Waals surface area contributed by atoms with E-state index in [1.807, 2.05) is 0 Å². The first-order valence-electron chi connectivity index (χ1n) is 3.52. The second-order valence-corrected chi connectivity index (χ2v) is 8.47. The second-order valence-electron chi connectivity index (χ2n) is 2.29. The smallest absolute Gasteiger partial charge is 0.312 e. The fourth-order valence-corrected chi connectivity index (χ4v) is 5.83. The zero-order valence-corrected chi connectivity index (χ0v) is 20.3. The van der Waals surface area contributed by atoms with Crippen molar-refractivity contribution in [2.75, 3.05) is 21.3 Å². The molecule has 3 unspecified atom stereocenters. The molecule has 0 aromatic heterocycles. The number of rotatable bonds is 6. The fourth-order valence-electron chi connectivity index (χ4n) is 0.648. The van der Waals surface area contributed by atoms with Crippen molar-refractivity contribution in [3.05, 3.63) is 0 Å². The minimum absolute atomic E-state index is 0. The topological polar surface area (TPSA) is 143 Å². The van der Waals surface area contributed by atoms with E-state index >= 15 is 0 Å². The largest absolute Gasteiger partial charge is 0.424 e. The maximum absolute atomic E-state index is 11.3. The van der Waals surface area contributed by atoms with Crippen LogP contribution >= 0.6 is 23.2 Å². The number of hydrogen-bond donors (Lipinski definition) is 3. The first kappa shape index (κ1) is 30.3. The normalized spacial score (nSPS) is 19.7. The molecule has 0 aromatic carbocycles. The van der Waals surface area contributed by atoms with E-state index in [2.05, 4.69) is 13.6 Å². The molecule has 0 fully saturated rings. The van der Waals surface area contributed by atoms with Crippen molar-refractivity contribution in [3.63, 3.8) is 0 Å². The van der Waals surface area contributed by atoms with Gasteiger partial charge >= 0.3 is 23.2 Å². The monoisotopic (exact) mass is 368 g/mol. The zero-order chi connectivity index (χ0) is 13.2. The summed E-state index contributed by atoms with van der Waals surface area (Å²) >= 11 is 0. The van der Waals surface area contributed by atoms with Crippen LogP contribution in [0.15, 0.2) is 0 Å². The van der Waals surface area contributed by atoms with Gasteiger partial charge in [0.15, 0.2) is 0 Å². The van der Waals surface area contributed by atoms with E-state index in [9.17, 15) is 13.7 Å². The van der Waals surface area contributed by atoms with Crippen molar-refractivity contribution in [1.82, 2.24) is 4.21 Å². The van der Waals surface area contributed by atoms with Crippen molar-refractivity contribution in [1.29, 1.82) is 0 Å². The molecular formula is C3H12NNa3O9P3. The fraction of sp³-hybridized carbons (Fsp3) is 1.00. The van der Waals surface area contributed by atoms with Crippen molar-refractivity contribution in [3.8, 4) is 0 Å². The summed E-state index contributed by atoms with van der Waals surface area (Å²) in [5.74, 6) is 0. The molecule has 3 N–H and O–H groups in total. The van der Waals surface area contributed by atoms with E-state index in [4.69, 9.17) is 14.7 Å². The van der Waals surface area contributed by atoms with Crippen LogP contribution in [0.4, 0.5) is 0 Å². The summed E-state index contributed by atoms with van der Waals surface area (Å²) in [6.45, 7) is 0. The molecule has 0 bridgehead atoms. The van der Waals surface area contributed by atoms with Crippen LogP contribution in [0.1, 0.15) is 0 Å². The first-order chi connectivity index (χ1) is 7.05. The van der Waals surface area contributed by atoms with Gasteiger partial charge in [-0.2, -0.15) is 0 Å². The van der Waals surface area contributed by atoms with Gasteiger partial charge in [-0.25, -0.2) is 13.7 Å². The van der Waals surface area contributed by atoms with Crippen LogP contribution in [0.5, 0.6) is 0 Å².